The SMILES string of the molecule is CC(=O)c1ccc(NC(=O)CN2CCSc3ccccc32)cc1. The topological polar surface area (TPSA) is 49.4 Å². The molecule has 0 atom stereocenters. The lowest BCUT2D eigenvalue weighted by molar-refractivity contribution is -0.115. The summed E-state index contributed by atoms with van der Waals surface area (Å²) in [5.74, 6) is 0.949. The number of hydrogen-bond acceptors (Lipinski definition) is 4. The molecule has 0 aliphatic carbocycles. The number of anilines is 2. The van der Waals surface area contributed by atoms with Crippen molar-refractivity contribution in [2.75, 3.05) is 29.1 Å². The number of Topliss-reactive ketones (excluding diaryl/α,β-unsaturated/α-hetero) is 1. The number of nitrogens with zero attached hydrogens (tertiary/aromatic N) is 1. The minimum absolute atomic E-state index is 0.0188. The van der Waals surface area contributed by atoms with Crippen LogP contribution in [0.3, 0.4) is 0 Å². The van der Waals surface area contributed by atoms with E-state index < -0.39 is 0 Å². The van der Waals surface area contributed by atoms with Gasteiger partial charge in [0.15, 0.2) is 5.78 Å². The Balaban J connectivity index is 1.65. The molecule has 1 N–H and O–H groups in total. The Morgan fingerprint density at radius 1 is 1.13 bits per heavy atom. The summed E-state index contributed by atoms with van der Waals surface area (Å²) in [5, 5.41) is 2.89. The number of benzene rings is 2. The molecule has 0 spiro atoms. The molecule has 1 aliphatic rings. The molecular formula is C18H18N2O2S. The highest BCUT2D eigenvalue weighted by Crippen LogP contribution is 2.33. The van der Waals surface area contributed by atoms with Crippen LogP contribution in [0.5, 0.6) is 0 Å². The van der Waals surface area contributed by atoms with Crippen LogP contribution < -0.4 is 10.2 Å². The van der Waals surface area contributed by atoms with Gasteiger partial charge in [0, 0.05) is 28.4 Å². The molecule has 0 aromatic heterocycles. The van der Waals surface area contributed by atoms with Crippen LogP contribution in [0.15, 0.2) is 53.4 Å². The fourth-order valence-electron chi connectivity index (χ4n) is 2.55. The number of amides is 1. The third kappa shape index (κ3) is 3.74. The summed E-state index contributed by atoms with van der Waals surface area (Å²) in [6.07, 6.45) is 0. The summed E-state index contributed by atoms with van der Waals surface area (Å²) in [4.78, 5) is 26.9. The summed E-state index contributed by atoms with van der Waals surface area (Å²) >= 11 is 1.82. The van der Waals surface area contributed by atoms with E-state index in [2.05, 4.69) is 22.3 Å². The quantitative estimate of drug-likeness (QED) is 0.875. The van der Waals surface area contributed by atoms with E-state index in [0.29, 0.717) is 17.8 Å². The lowest BCUT2D eigenvalue weighted by Gasteiger charge is -2.30. The normalized spacial score (nSPS) is 13.3. The number of carbonyl (C=O) groups is 2. The first-order valence-electron chi connectivity index (χ1n) is 7.51. The number of hydrogen-bond donors (Lipinski definition) is 1. The van der Waals surface area contributed by atoms with Crippen molar-refractivity contribution in [1.29, 1.82) is 0 Å². The average Bonchev–Trinajstić information content (AvgIpc) is 2.55. The van der Waals surface area contributed by atoms with Crippen molar-refractivity contribution < 1.29 is 9.59 Å². The van der Waals surface area contributed by atoms with E-state index in [1.807, 2.05) is 23.9 Å². The molecule has 1 aliphatic heterocycles. The lowest BCUT2D eigenvalue weighted by atomic mass is 10.1. The van der Waals surface area contributed by atoms with Crippen molar-refractivity contribution in [3.63, 3.8) is 0 Å². The van der Waals surface area contributed by atoms with Gasteiger partial charge < -0.3 is 10.2 Å². The van der Waals surface area contributed by atoms with Gasteiger partial charge in [-0.05, 0) is 43.3 Å². The van der Waals surface area contributed by atoms with Crippen LogP contribution in [-0.2, 0) is 4.79 Å². The Kier molecular flexibility index (Phi) is 4.67. The van der Waals surface area contributed by atoms with Crippen molar-refractivity contribution in [2.24, 2.45) is 0 Å². The molecule has 0 saturated carbocycles. The molecule has 118 valence electrons. The summed E-state index contributed by atoms with van der Waals surface area (Å²) < 4.78 is 0. The van der Waals surface area contributed by atoms with Gasteiger partial charge in [-0.3, -0.25) is 9.59 Å². The van der Waals surface area contributed by atoms with Crippen LogP contribution in [0.25, 0.3) is 0 Å². The first-order chi connectivity index (χ1) is 11.1. The molecular weight excluding hydrogens is 308 g/mol. The molecule has 0 fully saturated rings. The van der Waals surface area contributed by atoms with Crippen LogP contribution in [0.4, 0.5) is 11.4 Å². The van der Waals surface area contributed by atoms with Crippen molar-refractivity contribution in [3.05, 3.63) is 54.1 Å². The largest absolute Gasteiger partial charge is 0.360 e. The second-order valence-electron chi connectivity index (χ2n) is 5.42. The molecule has 1 amide bonds. The summed E-state index contributed by atoms with van der Waals surface area (Å²) in [6, 6.07) is 15.1. The average molecular weight is 326 g/mol. The highest BCUT2D eigenvalue weighted by molar-refractivity contribution is 7.99. The monoisotopic (exact) mass is 326 g/mol. The molecule has 1 heterocycles. The smallest absolute Gasteiger partial charge is 0.243 e. The second kappa shape index (κ2) is 6.87. The van der Waals surface area contributed by atoms with Gasteiger partial charge in [-0.15, -0.1) is 11.8 Å². The molecule has 0 radical (unpaired) electrons. The van der Waals surface area contributed by atoms with Gasteiger partial charge >= 0.3 is 0 Å². The van der Waals surface area contributed by atoms with Crippen LogP contribution in [0.2, 0.25) is 0 Å². The van der Waals surface area contributed by atoms with Crippen molar-refractivity contribution in [1.82, 2.24) is 0 Å². The number of nitrogens with one attached hydrogen (secondary N) is 1. The standard InChI is InChI=1S/C18H18N2O2S/c1-13(21)14-6-8-15(9-7-14)19-18(22)12-20-10-11-23-17-5-3-2-4-16(17)20/h2-9H,10-12H2,1H3,(H,19,22). The summed E-state index contributed by atoms with van der Waals surface area (Å²) in [5.41, 5.74) is 2.47. The van der Waals surface area contributed by atoms with Crippen LogP contribution in [0, 0.1) is 0 Å². The molecule has 4 nitrogen and oxygen atoms in total. The molecule has 2 aromatic rings. The minimum atomic E-state index is -0.0534. The first kappa shape index (κ1) is 15.6. The third-order valence-corrected chi connectivity index (χ3v) is 4.78. The molecule has 0 bridgehead atoms. The Hall–Kier alpha value is -2.27. The number of thioether (sulfide) groups is 1. The predicted molar refractivity (Wildman–Crippen MR) is 94.5 cm³/mol. The maximum absolute atomic E-state index is 12.3. The van der Waals surface area contributed by atoms with Gasteiger partial charge in [0.05, 0.1) is 12.2 Å². The molecule has 23 heavy (non-hydrogen) atoms. The van der Waals surface area contributed by atoms with E-state index >= 15 is 0 Å². The van der Waals surface area contributed by atoms with Gasteiger partial charge in [-0.25, -0.2) is 0 Å². The second-order valence-corrected chi connectivity index (χ2v) is 6.56. The predicted octanol–water partition coefficient (Wildman–Crippen LogP) is 3.44. The maximum Gasteiger partial charge on any atom is 0.243 e. The van der Waals surface area contributed by atoms with Crippen molar-refractivity contribution in [3.8, 4) is 0 Å². The molecule has 0 unspecified atom stereocenters. The Morgan fingerprint density at radius 3 is 2.61 bits per heavy atom. The van der Waals surface area contributed by atoms with Gasteiger partial charge in [0.2, 0.25) is 5.91 Å². The number of carbonyl (C=O) groups excluding carboxylic acids is 2. The van der Waals surface area contributed by atoms with E-state index in [-0.39, 0.29) is 11.7 Å². The summed E-state index contributed by atoms with van der Waals surface area (Å²) in [7, 11) is 0. The Bertz CT molecular complexity index is 728. The Morgan fingerprint density at radius 2 is 1.87 bits per heavy atom. The van der Waals surface area contributed by atoms with E-state index in [0.717, 1.165) is 18.0 Å². The van der Waals surface area contributed by atoms with Gasteiger partial charge in [0.1, 0.15) is 0 Å². The minimum Gasteiger partial charge on any atom is -0.360 e. The van der Waals surface area contributed by atoms with Crippen molar-refractivity contribution in [2.45, 2.75) is 11.8 Å². The van der Waals surface area contributed by atoms with Crippen LogP contribution >= 0.6 is 11.8 Å². The zero-order chi connectivity index (χ0) is 16.2. The third-order valence-electron chi connectivity index (χ3n) is 3.73. The summed E-state index contributed by atoms with van der Waals surface area (Å²) in [6.45, 7) is 2.71. The molecule has 0 saturated heterocycles. The zero-order valence-corrected chi connectivity index (χ0v) is 13.7. The van der Waals surface area contributed by atoms with Gasteiger partial charge in [0.25, 0.3) is 0 Å². The van der Waals surface area contributed by atoms with Crippen LogP contribution in [0.1, 0.15) is 17.3 Å². The fraction of sp³-hybridized carbons (Fsp3) is 0.222. The van der Waals surface area contributed by atoms with E-state index in [9.17, 15) is 9.59 Å². The first-order valence-corrected chi connectivity index (χ1v) is 8.49. The highest BCUT2D eigenvalue weighted by Gasteiger charge is 2.19. The zero-order valence-electron chi connectivity index (χ0n) is 12.9. The fourth-order valence-corrected chi connectivity index (χ4v) is 3.60. The maximum atomic E-state index is 12.3. The lowest BCUT2D eigenvalue weighted by Crippen LogP contribution is -2.36. The molecule has 5 heteroatoms. The van der Waals surface area contributed by atoms with Crippen molar-refractivity contribution >= 4 is 34.8 Å². The van der Waals surface area contributed by atoms with E-state index in [1.54, 1.807) is 24.3 Å². The number of fused-ring (bicyclic) bond motifs is 1. The van der Waals surface area contributed by atoms with E-state index in [1.165, 1.54) is 11.8 Å². The van der Waals surface area contributed by atoms with Gasteiger partial charge in [-0.2, -0.15) is 0 Å². The number of ketones is 1. The van der Waals surface area contributed by atoms with Crippen LogP contribution in [-0.4, -0.2) is 30.5 Å². The Labute approximate surface area is 139 Å². The van der Waals surface area contributed by atoms with Gasteiger partial charge in [-0.1, -0.05) is 12.1 Å². The molecule has 2 aromatic carbocycles. The van der Waals surface area contributed by atoms with E-state index in [4.69, 9.17) is 0 Å². The number of rotatable bonds is 4. The molecule has 3 rings (SSSR count). The highest BCUT2D eigenvalue weighted by atomic mass is 32.2. The number of para-hydroxylation sites is 1.